The third kappa shape index (κ3) is 6.71. The van der Waals surface area contributed by atoms with Crippen LogP contribution in [0.2, 0.25) is 0 Å². The molecule has 204 valence electrons. The van der Waals surface area contributed by atoms with Crippen LogP contribution >= 0.6 is 0 Å². The average molecular weight is 533 g/mol. The van der Waals surface area contributed by atoms with Gasteiger partial charge in [-0.3, -0.25) is 9.59 Å². The Hall–Kier alpha value is -3.59. The number of hydrogen-bond donors (Lipinski definition) is 2. The number of halogens is 1. The van der Waals surface area contributed by atoms with Gasteiger partial charge in [0.25, 0.3) is 5.91 Å². The van der Waals surface area contributed by atoms with E-state index >= 15 is 0 Å². The molecule has 0 aliphatic carbocycles. The van der Waals surface area contributed by atoms with Crippen molar-refractivity contribution in [1.82, 2.24) is 10.2 Å². The number of aliphatic hydroxyl groups excluding tert-OH is 1. The molecule has 2 N–H and O–H groups in total. The van der Waals surface area contributed by atoms with Crippen LogP contribution in [0.3, 0.4) is 0 Å². The predicted octanol–water partition coefficient (Wildman–Crippen LogP) is 3.95. The Labute approximate surface area is 227 Å². The minimum Gasteiger partial charge on any atom is -0.389 e. The van der Waals surface area contributed by atoms with Gasteiger partial charge in [0.1, 0.15) is 11.9 Å². The summed E-state index contributed by atoms with van der Waals surface area (Å²) in [5.41, 5.74) is 3.22. The highest BCUT2D eigenvalue weighted by Crippen LogP contribution is 2.29. The standard InChI is InChI=1S/C31H33FN2O5/c32-27-9-5-4-8-26(27)31(37)34-18-24(35)19-38-20-29-28(34)15-14-25(39-29)16-30(36)33-17-21-10-12-23(13-11-21)22-6-2-1-3-7-22/h1-13,24-25,28-29,35H,14-20H2,(H,33,36)/t24-,25+,28-,29+/m0/s1. The molecular formula is C31H33FN2O5. The Morgan fingerprint density at radius 1 is 0.923 bits per heavy atom. The van der Waals surface area contributed by atoms with Gasteiger partial charge in [-0.25, -0.2) is 4.39 Å². The highest BCUT2D eigenvalue weighted by Gasteiger charge is 2.40. The maximum Gasteiger partial charge on any atom is 0.257 e. The Kier molecular flexibility index (Phi) is 8.66. The second-order valence-electron chi connectivity index (χ2n) is 10.1. The molecule has 0 aromatic heterocycles. The first kappa shape index (κ1) is 27.0. The summed E-state index contributed by atoms with van der Waals surface area (Å²) in [5, 5.41) is 13.3. The van der Waals surface area contributed by atoms with Crippen LogP contribution in [0, 0.1) is 5.82 Å². The molecule has 0 spiro atoms. The van der Waals surface area contributed by atoms with Gasteiger partial charge in [0.15, 0.2) is 0 Å². The summed E-state index contributed by atoms with van der Waals surface area (Å²) in [6.45, 7) is 0.654. The lowest BCUT2D eigenvalue weighted by Gasteiger charge is -2.44. The second kappa shape index (κ2) is 12.5. The molecule has 4 atom stereocenters. The fourth-order valence-corrected chi connectivity index (χ4v) is 5.29. The van der Waals surface area contributed by atoms with Crippen molar-refractivity contribution in [3.63, 3.8) is 0 Å². The molecule has 0 radical (unpaired) electrons. The molecule has 39 heavy (non-hydrogen) atoms. The minimum absolute atomic E-state index is 0.0198. The number of hydrogen-bond acceptors (Lipinski definition) is 5. The number of aliphatic hydroxyl groups is 1. The van der Waals surface area contributed by atoms with Crippen LogP contribution in [-0.2, 0) is 20.8 Å². The lowest BCUT2D eigenvalue weighted by atomic mass is 9.94. The molecule has 0 saturated carbocycles. The molecule has 5 rings (SSSR count). The molecule has 2 amide bonds. The first-order chi connectivity index (χ1) is 19.0. The number of carbonyl (C=O) groups excluding carboxylic acids is 2. The number of ether oxygens (including phenoxy) is 2. The van der Waals surface area contributed by atoms with Crippen LogP contribution in [0.1, 0.15) is 35.2 Å². The number of fused-ring (bicyclic) bond motifs is 1. The monoisotopic (exact) mass is 532 g/mol. The zero-order chi connectivity index (χ0) is 27.2. The molecule has 2 aliphatic heterocycles. The van der Waals surface area contributed by atoms with Gasteiger partial charge in [-0.1, -0.05) is 66.7 Å². The van der Waals surface area contributed by atoms with E-state index in [9.17, 15) is 19.1 Å². The minimum atomic E-state index is -0.882. The first-order valence-corrected chi connectivity index (χ1v) is 13.4. The van der Waals surface area contributed by atoms with Gasteiger partial charge < -0.3 is 24.8 Å². The molecule has 2 fully saturated rings. The van der Waals surface area contributed by atoms with Crippen molar-refractivity contribution in [2.45, 2.75) is 50.2 Å². The van der Waals surface area contributed by atoms with E-state index in [1.54, 1.807) is 6.07 Å². The Morgan fingerprint density at radius 2 is 1.64 bits per heavy atom. The number of rotatable bonds is 6. The lowest BCUT2D eigenvalue weighted by Crippen LogP contribution is -2.57. The van der Waals surface area contributed by atoms with Crippen LogP contribution in [0.25, 0.3) is 11.1 Å². The van der Waals surface area contributed by atoms with E-state index in [-0.39, 0.29) is 43.8 Å². The van der Waals surface area contributed by atoms with Gasteiger partial charge in [-0.05, 0) is 41.7 Å². The molecule has 7 nitrogen and oxygen atoms in total. The van der Waals surface area contributed by atoms with E-state index in [0.717, 1.165) is 16.7 Å². The van der Waals surface area contributed by atoms with Gasteiger partial charge >= 0.3 is 0 Å². The van der Waals surface area contributed by atoms with E-state index < -0.39 is 30.0 Å². The van der Waals surface area contributed by atoms with Crippen molar-refractivity contribution >= 4 is 11.8 Å². The van der Waals surface area contributed by atoms with E-state index in [0.29, 0.717) is 19.4 Å². The second-order valence-corrected chi connectivity index (χ2v) is 10.1. The number of nitrogens with zero attached hydrogens (tertiary/aromatic N) is 1. The molecule has 2 aliphatic rings. The van der Waals surface area contributed by atoms with Gasteiger partial charge in [0, 0.05) is 13.1 Å². The van der Waals surface area contributed by atoms with Crippen molar-refractivity contribution in [3.05, 3.63) is 95.8 Å². The van der Waals surface area contributed by atoms with Crippen LogP contribution in [0.4, 0.5) is 4.39 Å². The van der Waals surface area contributed by atoms with Gasteiger partial charge in [-0.2, -0.15) is 0 Å². The Bertz CT molecular complexity index is 1270. The quantitative estimate of drug-likeness (QED) is 0.502. The zero-order valence-electron chi connectivity index (χ0n) is 21.7. The predicted molar refractivity (Wildman–Crippen MR) is 144 cm³/mol. The molecule has 2 saturated heterocycles. The van der Waals surface area contributed by atoms with Gasteiger partial charge in [0.05, 0.1) is 43.4 Å². The topological polar surface area (TPSA) is 88.1 Å². The number of amides is 2. The first-order valence-electron chi connectivity index (χ1n) is 13.4. The normalized spacial score (nSPS) is 23.3. The molecule has 8 heteroatoms. The van der Waals surface area contributed by atoms with Crippen molar-refractivity contribution < 1.29 is 28.6 Å². The smallest absolute Gasteiger partial charge is 0.257 e. The summed E-state index contributed by atoms with van der Waals surface area (Å²) < 4.78 is 26.3. The molecule has 3 aromatic rings. The van der Waals surface area contributed by atoms with Crippen molar-refractivity contribution in [2.24, 2.45) is 0 Å². The fraction of sp³-hybridized carbons (Fsp3) is 0.355. The Morgan fingerprint density at radius 3 is 2.41 bits per heavy atom. The van der Waals surface area contributed by atoms with Gasteiger partial charge in [-0.15, -0.1) is 0 Å². The largest absolute Gasteiger partial charge is 0.389 e. The number of carbonyl (C=O) groups is 2. The summed E-state index contributed by atoms with van der Waals surface area (Å²) in [5.74, 6) is -1.21. The molecule has 3 aromatic carbocycles. The van der Waals surface area contributed by atoms with Crippen LogP contribution < -0.4 is 5.32 Å². The summed E-state index contributed by atoms with van der Waals surface area (Å²) in [7, 11) is 0. The SMILES string of the molecule is O=C(C[C@H]1CC[C@H]2[C@@H](COC[C@@H](O)CN2C(=O)c2ccccc2F)O1)NCc1ccc(-c2ccccc2)cc1. The summed E-state index contributed by atoms with van der Waals surface area (Å²) in [6, 6.07) is 23.7. The number of β-amino-alcohol motifs (C(OH)–C–C–N with tert-alkyl or cyclic N) is 1. The van der Waals surface area contributed by atoms with Crippen LogP contribution in [-0.4, -0.2) is 65.9 Å². The number of nitrogens with one attached hydrogen (secondary N) is 1. The van der Waals surface area contributed by atoms with Crippen LogP contribution in [0.5, 0.6) is 0 Å². The highest BCUT2D eigenvalue weighted by molar-refractivity contribution is 5.94. The summed E-state index contributed by atoms with van der Waals surface area (Å²) in [4.78, 5) is 27.5. The highest BCUT2D eigenvalue weighted by atomic mass is 19.1. The van der Waals surface area contributed by atoms with Crippen LogP contribution in [0.15, 0.2) is 78.9 Å². The van der Waals surface area contributed by atoms with Gasteiger partial charge in [0.2, 0.25) is 5.91 Å². The molecule has 2 heterocycles. The third-order valence-electron chi connectivity index (χ3n) is 7.31. The average Bonchev–Trinajstić information content (AvgIpc) is 2.95. The van der Waals surface area contributed by atoms with Crippen molar-refractivity contribution in [3.8, 4) is 11.1 Å². The number of benzene rings is 3. The van der Waals surface area contributed by atoms with Crippen molar-refractivity contribution in [2.75, 3.05) is 19.8 Å². The van der Waals surface area contributed by atoms with Crippen molar-refractivity contribution in [1.29, 1.82) is 0 Å². The molecule has 0 bridgehead atoms. The van der Waals surface area contributed by atoms with E-state index in [4.69, 9.17) is 9.47 Å². The third-order valence-corrected chi connectivity index (χ3v) is 7.31. The van der Waals surface area contributed by atoms with E-state index in [1.807, 2.05) is 42.5 Å². The molecule has 0 unspecified atom stereocenters. The van der Waals surface area contributed by atoms with E-state index in [1.165, 1.54) is 23.1 Å². The maximum absolute atomic E-state index is 14.4. The van der Waals surface area contributed by atoms with E-state index in [2.05, 4.69) is 17.4 Å². The Balaban J connectivity index is 1.17. The molecular weight excluding hydrogens is 499 g/mol. The summed E-state index contributed by atoms with van der Waals surface area (Å²) in [6.07, 6.45) is -0.394. The maximum atomic E-state index is 14.4. The fourth-order valence-electron chi connectivity index (χ4n) is 5.29. The summed E-state index contributed by atoms with van der Waals surface area (Å²) >= 11 is 0. The lowest BCUT2D eigenvalue weighted by molar-refractivity contribution is -0.151. The zero-order valence-corrected chi connectivity index (χ0v) is 21.7.